The maximum absolute atomic E-state index is 12.1. The number of carbonyl (C=O) groups excluding carboxylic acids is 1. The van der Waals surface area contributed by atoms with Crippen LogP contribution in [0.2, 0.25) is 0 Å². The van der Waals surface area contributed by atoms with Gasteiger partial charge >= 0.3 is 0 Å². The molecule has 0 fully saturated rings. The van der Waals surface area contributed by atoms with Gasteiger partial charge in [-0.05, 0) is 73.5 Å². The molecule has 1 heterocycles. The van der Waals surface area contributed by atoms with E-state index in [1.807, 2.05) is 38.1 Å². The molecule has 6 nitrogen and oxygen atoms in total. The minimum atomic E-state index is -0.335. The number of aryl methyl sites for hydroxylation is 2. The number of halogens is 1. The fourth-order valence-corrected chi connectivity index (χ4v) is 3.23. The maximum atomic E-state index is 12.1. The van der Waals surface area contributed by atoms with Gasteiger partial charge in [0, 0.05) is 16.2 Å². The Hall–Kier alpha value is -3.32. The highest BCUT2D eigenvalue weighted by molar-refractivity contribution is 9.10. The van der Waals surface area contributed by atoms with Crippen LogP contribution in [0.15, 0.2) is 63.5 Å². The zero-order valence-corrected chi connectivity index (χ0v) is 18.0. The van der Waals surface area contributed by atoms with Gasteiger partial charge in [-0.3, -0.25) is 4.79 Å². The summed E-state index contributed by atoms with van der Waals surface area (Å²) in [6.07, 6.45) is 0. The van der Waals surface area contributed by atoms with E-state index in [2.05, 4.69) is 26.2 Å². The molecule has 0 radical (unpaired) electrons. The smallest absolute Gasteiger partial charge is 0.262 e. The van der Waals surface area contributed by atoms with Crippen LogP contribution in [0, 0.1) is 13.8 Å². The Morgan fingerprint density at radius 1 is 1.10 bits per heavy atom. The van der Waals surface area contributed by atoms with E-state index in [0.29, 0.717) is 28.5 Å². The summed E-state index contributed by atoms with van der Waals surface area (Å²) in [6, 6.07) is 15.9. The van der Waals surface area contributed by atoms with E-state index < -0.39 is 0 Å². The second kappa shape index (κ2) is 8.20. The summed E-state index contributed by atoms with van der Waals surface area (Å²) >= 11 is 3.35. The number of oxazole rings is 1. The Morgan fingerprint density at radius 2 is 1.83 bits per heavy atom. The first kappa shape index (κ1) is 20.0. The van der Waals surface area contributed by atoms with Gasteiger partial charge in [0.1, 0.15) is 17.0 Å². The number of anilines is 1. The fraction of sp³-hybridized carbons (Fsp3) is 0.130. The summed E-state index contributed by atoms with van der Waals surface area (Å²) in [5, 5.41) is 13.1. The summed E-state index contributed by atoms with van der Waals surface area (Å²) in [7, 11) is 0. The zero-order chi connectivity index (χ0) is 21.3. The number of amides is 1. The molecule has 2 N–H and O–H groups in total. The number of benzene rings is 3. The summed E-state index contributed by atoms with van der Waals surface area (Å²) < 4.78 is 12.2. The number of nitrogens with zero attached hydrogens (tertiary/aromatic N) is 1. The number of phenolic OH excluding ortho intramolecular Hbond substituents is 1. The lowest BCUT2D eigenvalue weighted by molar-refractivity contribution is -0.118. The largest absolute Gasteiger partial charge is 0.507 e. The number of aromatic hydroxyl groups is 1. The van der Waals surface area contributed by atoms with Crippen LogP contribution < -0.4 is 10.1 Å². The molecular weight excluding hydrogens is 448 g/mol. The molecule has 0 saturated carbocycles. The molecule has 0 unspecified atom stereocenters. The number of aromatic nitrogens is 1. The van der Waals surface area contributed by atoms with Crippen molar-refractivity contribution < 1.29 is 19.1 Å². The highest BCUT2D eigenvalue weighted by atomic mass is 79.9. The Labute approximate surface area is 181 Å². The first-order chi connectivity index (χ1) is 14.4. The first-order valence-corrected chi connectivity index (χ1v) is 10.1. The van der Waals surface area contributed by atoms with Crippen LogP contribution in [-0.2, 0) is 4.79 Å². The zero-order valence-electron chi connectivity index (χ0n) is 16.4. The Kier molecular flexibility index (Phi) is 5.46. The fourth-order valence-electron chi connectivity index (χ4n) is 2.96. The lowest BCUT2D eigenvalue weighted by Gasteiger charge is -2.09. The van der Waals surface area contributed by atoms with Crippen molar-refractivity contribution in [3.8, 4) is 23.0 Å². The van der Waals surface area contributed by atoms with E-state index in [1.165, 1.54) is 6.07 Å². The highest BCUT2D eigenvalue weighted by Gasteiger charge is 2.14. The predicted molar refractivity (Wildman–Crippen MR) is 119 cm³/mol. The molecule has 30 heavy (non-hydrogen) atoms. The van der Waals surface area contributed by atoms with Crippen LogP contribution in [0.5, 0.6) is 11.5 Å². The van der Waals surface area contributed by atoms with Gasteiger partial charge in [-0.25, -0.2) is 4.98 Å². The molecule has 7 heteroatoms. The Morgan fingerprint density at radius 3 is 2.57 bits per heavy atom. The number of ether oxygens (including phenoxy) is 1. The van der Waals surface area contributed by atoms with Gasteiger partial charge in [0.05, 0.1) is 5.56 Å². The third-order valence-electron chi connectivity index (χ3n) is 4.70. The molecule has 0 aliphatic heterocycles. The van der Waals surface area contributed by atoms with Crippen molar-refractivity contribution in [3.63, 3.8) is 0 Å². The lowest BCUT2D eigenvalue weighted by atomic mass is 10.1. The molecule has 0 spiro atoms. The molecule has 4 aromatic rings. The van der Waals surface area contributed by atoms with Gasteiger partial charge in [0.2, 0.25) is 5.89 Å². The van der Waals surface area contributed by atoms with Gasteiger partial charge in [-0.1, -0.05) is 15.9 Å². The van der Waals surface area contributed by atoms with Gasteiger partial charge in [-0.15, -0.1) is 0 Å². The van der Waals surface area contributed by atoms with Crippen molar-refractivity contribution in [2.45, 2.75) is 13.8 Å². The highest BCUT2D eigenvalue weighted by Crippen LogP contribution is 2.33. The monoisotopic (exact) mass is 466 g/mol. The maximum Gasteiger partial charge on any atom is 0.262 e. The van der Waals surface area contributed by atoms with Crippen molar-refractivity contribution in [1.29, 1.82) is 0 Å². The van der Waals surface area contributed by atoms with Gasteiger partial charge in [-0.2, -0.15) is 0 Å². The normalized spacial score (nSPS) is 10.9. The third kappa shape index (κ3) is 4.31. The summed E-state index contributed by atoms with van der Waals surface area (Å²) in [6.45, 7) is 3.87. The number of rotatable bonds is 5. The second-order valence-corrected chi connectivity index (χ2v) is 7.86. The van der Waals surface area contributed by atoms with Gasteiger partial charge in [0.15, 0.2) is 12.2 Å². The third-order valence-corrected chi connectivity index (χ3v) is 5.23. The van der Waals surface area contributed by atoms with Crippen molar-refractivity contribution >= 4 is 38.6 Å². The minimum absolute atomic E-state index is 0.0402. The molecule has 1 amide bonds. The van der Waals surface area contributed by atoms with Crippen LogP contribution in [0.3, 0.4) is 0 Å². The topological polar surface area (TPSA) is 84.6 Å². The Bertz CT molecular complexity index is 1190. The minimum Gasteiger partial charge on any atom is -0.507 e. The number of nitrogens with one attached hydrogen (secondary N) is 1. The lowest BCUT2D eigenvalue weighted by Crippen LogP contribution is -2.20. The summed E-state index contributed by atoms with van der Waals surface area (Å²) in [5.41, 5.74) is 4.52. The molecule has 0 atom stereocenters. The van der Waals surface area contributed by atoms with Crippen LogP contribution >= 0.6 is 15.9 Å². The van der Waals surface area contributed by atoms with Crippen molar-refractivity contribution in [2.75, 3.05) is 11.9 Å². The summed E-state index contributed by atoms with van der Waals surface area (Å²) in [5.74, 6) is 0.538. The van der Waals surface area contributed by atoms with Crippen LogP contribution in [0.1, 0.15) is 11.1 Å². The standard InChI is InChI=1S/C23H19BrN2O4/c1-13-9-19-21(10-14(13)2)30-23(26-19)18-8-5-16(11-20(18)27)25-22(28)12-29-17-6-3-15(24)4-7-17/h3-11,27H,12H2,1-2H3,(H,25,28). The molecule has 0 bridgehead atoms. The quantitative estimate of drug-likeness (QED) is 0.399. The molecule has 0 saturated heterocycles. The second-order valence-electron chi connectivity index (χ2n) is 6.95. The average Bonchev–Trinajstić information content (AvgIpc) is 3.10. The molecular formula is C23H19BrN2O4. The van der Waals surface area contributed by atoms with Crippen molar-refractivity contribution in [1.82, 2.24) is 4.98 Å². The molecule has 3 aromatic carbocycles. The SMILES string of the molecule is Cc1cc2nc(-c3ccc(NC(=O)COc4ccc(Br)cc4)cc3O)oc2cc1C. The Balaban J connectivity index is 1.46. The van der Waals surface area contributed by atoms with Gasteiger partial charge in [0.25, 0.3) is 5.91 Å². The molecule has 4 rings (SSSR count). The number of hydrogen-bond acceptors (Lipinski definition) is 5. The van der Waals surface area contributed by atoms with E-state index in [9.17, 15) is 9.90 Å². The van der Waals surface area contributed by atoms with Gasteiger partial charge < -0.3 is 19.6 Å². The van der Waals surface area contributed by atoms with E-state index in [4.69, 9.17) is 9.15 Å². The van der Waals surface area contributed by atoms with E-state index >= 15 is 0 Å². The predicted octanol–water partition coefficient (Wildman–Crippen LogP) is 5.60. The molecule has 0 aliphatic rings. The molecule has 0 aliphatic carbocycles. The average molecular weight is 467 g/mol. The number of carbonyl (C=O) groups is 1. The van der Waals surface area contributed by atoms with E-state index in [0.717, 1.165) is 21.1 Å². The van der Waals surface area contributed by atoms with E-state index in [-0.39, 0.29) is 18.3 Å². The summed E-state index contributed by atoms with van der Waals surface area (Å²) in [4.78, 5) is 16.6. The number of phenols is 1. The van der Waals surface area contributed by atoms with Crippen molar-refractivity contribution in [2.24, 2.45) is 0 Å². The number of hydrogen-bond donors (Lipinski definition) is 2. The molecule has 1 aromatic heterocycles. The molecule has 152 valence electrons. The van der Waals surface area contributed by atoms with Crippen LogP contribution in [0.25, 0.3) is 22.6 Å². The van der Waals surface area contributed by atoms with Crippen LogP contribution in [0.4, 0.5) is 5.69 Å². The van der Waals surface area contributed by atoms with Crippen LogP contribution in [-0.4, -0.2) is 22.6 Å². The van der Waals surface area contributed by atoms with Crippen molar-refractivity contribution in [3.05, 3.63) is 70.2 Å². The first-order valence-electron chi connectivity index (χ1n) is 9.28. The van der Waals surface area contributed by atoms with E-state index in [1.54, 1.807) is 24.3 Å². The number of fused-ring (bicyclic) bond motifs is 1.